The molecule has 0 spiro atoms. The van der Waals surface area contributed by atoms with Crippen LogP contribution in [0.2, 0.25) is 0 Å². The summed E-state index contributed by atoms with van der Waals surface area (Å²) < 4.78 is 62.0. The Morgan fingerprint density at radius 2 is 1.79 bits per heavy atom. The third-order valence-corrected chi connectivity index (χ3v) is 7.39. The third-order valence-electron chi connectivity index (χ3n) is 4.61. The van der Waals surface area contributed by atoms with E-state index in [0.29, 0.717) is 16.8 Å². The zero-order valence-electron chi connectivity index (χ0n) is 17.8. The van der Waals surface area contributed by atoms with Gasteiger partial charge < -0.3 is 14.4 Å². The summed E-state index contributed by atoms with van der Waals surface area (Å²) in [6.45, 7) is -2.81. The molecule has 3 aromatic rings. The van der Waals surface area contributed by atoms with Gasteiger partial charge in [-0.2, -0.15) is 8.78 Å². The minimum Gasteiger partial charge on any atom is -0.493 e. The van der Waals surface area contributed by atoms with Gasteiger partial charge in [0.05, 0.1) is 13.5 Å². The lowest BCUT2D eigenvalue weighted by Crippen LogP contribution is -2.27. The molecule has 0 aliphatic rings. The molecule has 1 amide bonds. The Kier molecular flexibility index (Phi) is 7.88. The smallest absolute Gasteiger partial charge is 0.387 e. The van der Waals surface area contributed by atoms with E-state index >= 15 is 0 Å². The van der Waals surface area contributed by atoms with E-state index in [0.717, 1.165) is 11.3 Å². The van der Waals surface area contributed by atoms with Crippen LogP contribution in [0.3, 0.4) is 0 Å². The van der Waals surface area contributed by atoms with Gasteiger partial charge >= 0.3 is 6.61 Å². The summed E-state index contributed by atoms with van der Waals surface area (Å²) in [7, 11) is -0.693. The molecule has 1 heterocycles. The average molecular weight is 497 g/mol. The van der Waals surface area contributed by atoms with Crippen molar-refractivity contribution in [1.29, 1.82) is 0 Å². The second-order valence-corrected chi connectivity index (χ2v) is 9.88. The first-order chi connectivity index (χ1) is 15.7. The molecular formula is C22H22F2N2O5S2. The molecule has 1 aromatic heterocycles. The van der Waals surface area contributed by atoms with E-state index in [2.05, 4.69) is 9.46 Å². The Morgan fingerprint density at radius 3 is 2.39 bits per heavy atom. The fraction of sp³-hybridized carbons (Fsp3) is 0.227. The number of nitrogens with zero attached hydrogens (tertiary/aromatic N) is 1. The minimum absolute atomic E-state index is 0.0883. The van der Waals surface area contributed by atoms with E-state index < -0.39 is 16.6 Å². The number of hydrogen-bond acceptors (Lipinski definition) is 6. The maximum Gasteiger partial charge on any atom is 0.387 e. The van der Waals surface area contributed by atoms with Crippen LogP contribution in [-0.2, 0) is 27.8 Å². The highest BCUT2D eigenvalue weighted by Crippen LogP contribution is 2.30. The van der Waals surface area contributed by atoms with Crippen LogP contribution in [0.4, 0.5) is 14.5 Å². The summed E-state index contributed by atoms with van der Waals surface area (Å²) >= 11 is 1.12. The van der Waals surface area contributed by atoms with Gasteiger partial charge in [-0.25, -0.2) is 8.42 Å². The predicted molar refractivity (Wildman–Crippen MR) is 121 cm³/mol. The highest BCUT2D eigenvalue weighted by Gasteiger charge is 2.16. The molecule has 0 bridgehead atoms. The van der Waals surface area contributed by atoms with E-state index in [-0.39, 0.29) is 34.6 Å². The number of ether oxygens (including phenoxy) is 2. The second-order valence-electron chi connectivity index (χ2n) is 7.02. The number of alkyl halides is 2. The second kappa shape index (κ2) is 10.6. The Labute approximate surface area is 194 Å². The number of nitrogens with one attached hydrogen (secondary N) is 1. The van der Waals surface area contributed by atoms with Gasteiger partial charge in [0.15, 0.2) is 11.5 Å². The summed E-state index contributed by atoms with van der Waals surface area (Å²) in [5.41, 5.74) is 1.68. The van der Waals surface area contributed by atoms with E-state index in [1.165, 1.54) is 30.2 Å². The number of amides is 1. The van der Waals surface area contributed by atoms with Crippen molar-refractivity contribution in [2.45, 2.75) is 23.8 Å². The van der Waals surface area contributed by atoms with Crippen molar-refractivity contribution in [1.82, 2.24) is 4.90 Å². The van der Waals surface area contributed by atoms with Gasteiger partial charge in [0, 0.05) is 19.3 Å². The summed E-state index contributed by atoms with van der Waals surface area (Å²) in [4.78, 5) is 14.1. The number of hydrogen-bond donors (Lipinski definition) is 1. The lowest BCUT2D eigenvalue weighted by Gasteiger charge is -2.19. The fourth-order valence-corrected chi connectivity index (χ4v) is 5.04. The molecule has 176 valence electrons. The van der Waals surface area contributed by atoms with Crippen molar-refractivity contribution in [3.05, 3.63) is 71.1 Å². The summed E-state index contributed by atoms with van der Waals surface area (Å²) in [5, 5.41) is 1.68. The van der Waals surface area contributed by atoms with Crippen molar-refractivity contribution in [2.75, 3.05) is 18.9 Å². The maximum atomic E-state index is 12.6. The van der Waals surface area contributed by atoms with E-state index in [4.69, 9.17) is 4.74 Å². The Morgan fingerprint density at radius 1 is 1.09 bits per heavy atom. The maximum absolute atomic E-state index is 12.6. The molecule has 0 radical (unpaired) electrons. The molecule has 0 atom stereocenters. The standard InChI is InChI=1S/C22H22F2N2O5S2/c1-26(14-16-7-10-18(30-2)19(12-16)31-22(23)24)20(27)13-15-5-8-17(9-6-15)25-33(28,29)21-4-3-11-32-21/h3-12,22,25H,13-14H2,1-2H3. The number of carbonyl (C=O) groups is 1. The van der Waals surface area contributed by atoms with Crippen molar-refractivity contribution in [2.24, 2.45) is 0 Å². The molecule has 0 unspecified atom stereocenters. The van der Waals surface area contributed by atoms with Crippen LogP contribution in [0, 0.1) is 0 Å². The number of rotatable bonds is 10. The van der Waals surface area contributed by atoms with Crippen molar-refractivity contribution in [3.8, 4) is 11.5 Å². The van der Waals surface area contributed by atoms with E-state index in [1.807, 2.05) is 0 Å². The van der Waals surface area contributed by atoms with Crippen LogP contribution >= 0.6 is 11.3 Å². The normalized spacial score (nSPS) is 11.3. The first-order valence-electron chi connectivity index (χ1n) is 9.69. The molecule has 0 aliphatic heterocycles. The Bertz CT molecular complexity index is 1180. The first kappa shape index (κ1) is 24.5. The largest absolute Gasteiger partial charge is 0.493 e. The lowest BCUT2D eigenvalue weighted by molar-refractivity contribution is -0.129. The van der Waals surface area contributed by atoms with Gasteiger partial charge in [-0.15, -0.1) is 11.3 Å². The number of halogens is 2. The molecule has 0 fully saturated rings. The third kappa shape index (κ3) is 6.65. The molecule has 2 aromatic carbocycles. The molecule has 33 heavy (non-hydrogen) atoms. The van der Waals surface area contributed by atoms with Crippen molar-refractivity contribution in [3.63, 3.8) is 0 Å². The number of sulfonamides is 1. The monoisotopic (exact) mass is 496 g/mol. The topological polar surface area (TPSA) is 84.9 Å². The van der Waals surface area contributed by atoms with Crippen molar-refractivity contribution >= 4 is 33.0 Å². The number of benzene rings is 2. The van der Waals surface area contributed by atoms with Gasteiger partial charge in [0.25, 0.3) is 10.0 Å². The van der Waals surface area contributed by atoms with Gasteiger partial charge in [-0.1, -0.05) is 24.3 Å². The Balaban J connectivity index is 1.61. The molecule has 1 N–H and O–H groups in total. The van der Waals surface area contributed by atoms with E-state index in [9.17, 15) is 22.0 Å². The van der Waals surface area contributed by atoms with Gasteiger partial charge in [0.1, 0.15) is 4.21 Å². The van der Waals surface area contributed by atoms with Crippen LogP contribution in [0.1, 0.15) is 11.1 Å². The van der Waals surface area contributed by atoms with Gasteiger partial charge in [-0.3, -0.25) is 9.52 Å². The van der Waals surface area contributed by atoms with Crippen LogP contribution in [0.5, 0.6) is 11.5 Å². The van der Waals surface area contributed by atoms with E-state index in [1.54, 1.807) is 48.8 Å². The van der Waals surface area contributed by atoms with Crippen LogP contribution in [0.25, 0.3) is 0 Å². The fourth-order valence-electron chi connectivity index (χ4n) is 2.99. The van der Waals surface area contributed by atoms with Crippen LogP contribution < -0.4 is 14.2 Å². The summed E-state index contributed by atoms with van der Waals surface area (Å²) in [6, 6.07) is 14.3. The Hall–Kier alpha value is -3.18. The lowest BCUT2D eigenvalue weighted by atomic mass is 10.1. The van der Waals surface area contributed by atoms with Crippen LogP contribution in [0.15, 0.2) is 64.2 Å². The SMILES string of the molecule is COc1ccc(CN(C)C(=O)Cc2ccc(NS(=O)(=O)c3cccs3)cc2)cc1OC(F)F. The highest BCUT2D eigenvalue weighted by atomic mass is 32.2. The average Bonchev–Trinajstić information content (AvgIpc) is 3.31. The zero-order valence-corrected chi connectivity index (χ0v) is 19.5. The molecule has 0 saturated heterocycles. The highest BCUT2D eigenvalue weighted by molar-refractivity contribution is 7.94. The first-order valence-corrected chi connectivity index (χ1v) is 12.0. The van der Waals surface area contributed by atoms with Gasteiger partial charge in [0.2, 0.25) is 5.91 Å². The minimum atomic E-state index is -3.64. The molecule has 0 aliphatic carbocycles. The molecule has 7 nitrogen and oxygen atoms in total. The van der Waals surface area contributed by atoms with Crippen LogP contribution in [-0.4, -0.2) is 40.0 Å². The van der Waals surface area contributed by atoms with Crippen molar-refractivity contribution < 1.29 is 31.5 Å². The molecule has 0 saturated carbocycles. The summed E-state index contributed by atoms with van der Waals surface area (Å²) in [6.07, 6.45) is 0.0883. The number of methoxy groups -OCH3 is 1. The summed E-state index contributed by atoms with van der Waals surface area (Å²) in [5.74, 6) is -0.136. The molecular weight excluding hydrogens is 474 g/mol. The zero-order chi connectivity index (χ0) is 24.0. The quantitative estimate of drug-likeness (QED) is 0.451. The van der Waals surface area contributed by atoms with Gasteiger partial charge in [-0.05, 0) is 46.8 Å². The number of carbonyl (C=O) groups excluding carboxylic acids is 1. The number of anilines is 1. The molecule has 3 rings (SSSR count). The number of likely N-dealkylation sites (N-methyl/N-ethyl adjacent to an activating group) is 1. The predicted octanol–water partition coefficient (Wildman–Crippen LogP) is 4.36. The number of thiophene rings is 1. The molecule has 11 heteroatoms.